The van der Waals surface area contributed by atoms with E-state index < -0.39 is 0 Å². The van der Waals surface area contributed by atoms with Crippen LogP contribution in [0.5, 0.6) is 0 Å². The van der Waals surface area contributed by atoms with Gasteiger partial charge in [-0.05, 0) is 37.5 Å². The summed E-state index contributed by atoms with van der Waals surface area (Å²) in [6.07, 6.45) is 3.87. The Morgan fingerprint density at radius 2 is 2.14 bits per heavy atom. The maximum Gasteiger partial charge on any atom is 0.320 e. The van der Waals surface area contributed by atoms with Gasteiger partial charge in [0.1, 0.15) is 5.82 Å². The van der Waals surface area contributed by atoms with Gasteiger partial charge in [0.25, 0.3) is 0 Å². The third-order valence-electron chi connectivity index (χ3n) is 3.50. The molecule has 3 N–H and O–H groups in total. The number of aryl methyl sites for hydroxylation is 1. The zero-order valence-electron chi connectivity index (χ0n) is 12.6. The van der Waals surface area contributed by atoms with Crippen molar-refractivity contribution in [2.24, 2.45) is 0 Å². The van der Waals surface area contributed by atoms with E-state index in [1.165, 1.54) is 11.1 Å². The molecule has 0 saturated heterocycles. The zero-order chi connectivity index (χ0) is 15.4. The van der Waals surface area contributed by atoms with Gasteiger partial charge in [-0.2, -0.15) is 0 Å². The van der Waals surface area contributed by atoms with Crippen LogP contribution in [0.4, 0.5) is 16.3 Å². The molecule has 0 atom stereocenters. The van der Waals surface area contributed by atoms with E-state index in [0.29, 0.717) is 11.9 Å². The molecule has 1 aliphatic carbocycles. The van der Waals surface area contributed by atoms with E-state index >= 15 is 0 Å². The second-order valence-corrected chi connectivity index (χ2v) is 5.65. The fraction of sp³-hybridized carbons (Fsp3) is 0.294. The van der Waals surface area contributed by atoms with Crippen LogP contribution >= 0.6 is 0 Å². The molecule has 1 aromatic heterocycles. The van der Waals surface area contributed by atoms with Crippen molar-refractivity contribution < 1.29 is 4.79 Å². The Labute approximate surface area is 130 Å². The van der Waals surface area contributed by atoms with Gasteiger partial charge in [0, 0.05) is 12.6 Å². The van der Waals surface area contributed by atoms with Crippen LogP contribution in [-0.4, -0.2) is 17.1 Å². The molecule has 0 aliphatic heterocycles. The molecule has 0 radical (unpaired) electrons. The maximum atomic E-state index is 11.6. The van der Waals surface area contributed by atoms with Crippen molar-refractivity contribution in [3.05, 3.63) is 53.7 Å². The monoisotopic (exact) mass is 296 g/mol. The standard InChI is InChI=1S/C17H20N4O/c1-12-3-2-4-13(9-12)10-18-15-7-8-16(19-11-15)21-17(22)20-14-5-6-14/h2-4,7-9,11,14,18H,5-6,10H2,1H3,(H2,19,20,21,22). The third kappa shape index (κ3) is 4.22. The molecule has 2 aromatic rings. The second kappa shape index (κ2) is 6.47. The first-order valence-corrected chi connectivity index (χ1v) is 7.52. The van der Waals surface area contributed by atoms with Crippen LogP contribution in [0, 0.1) is 6.92 Å². The fourth-order valence-corrected chi connectivity index (χ4v) is 2.16. The Kier molecular flexibility index (Phi) is 4.23. The van der Waals surface area contributed by atoms with E-state index in [0.717, 1.165) is 25.1 Å². The molecule has 3 rings (SSSR count). The SMILES string of the molecule is Cc1cccc(CNc2ccc(NC(=O)NC3CC3)nc2)c1. The number of nitrogens with zero attached hydrogens (tertiary/aromatic N) is 1. The van der Waals surface area contributed by atoms with Gasteiger partial charge < -0.3 is 10.6 Å². The average Bonchev–Trinajstić information content (AvgIpc) is 3.30. The summed E-state index contributed by atoms with van der Waals surface area (Å²) >= 11 is 0. The van der Waals surface area contributed by atoms with Crippen molar-refractivity contribution in [1.82, 2.24) is 10.3 Å². The number of hydrogen-bond donors (Lipinski definition) is 3. The number of carbonyl (C=O) groups is 1. The number of urea groups is 1. The highest BCUT2D eigenvalue weighted by molar-refractivity contribution is 5.88. The Bertz CT molecular complexity index is 650. The van der Waals surface area contributed by atoms with E-state index in [9.17, 15) is 4.79 Å². The van der Waals surface area contributed by atoms with E-state index in [1.54, 1.807) is 12.3 Å². The molecule has 1 fully saturated rings. The van der Waals surface area contributed by atoms with Crippen LogP contribution in [0.25, 0.3) is 0 Å². The lowest BCUT2D eigenvalue weighted by Gasteiger charge is -2.09. The van der Waals surface area contributed by atoms with E-state index in [2.05, 4.69) is 52.1 Å². The first-order chi connectivity index (χ1) is 10.7. The summed E-state index contributed by atoms with van der Waals surface area (Å²) < 4.78 is 0. The van der Waals surface area contributed by atoms with Gasteiger partial charge in [0.2, 0.25) is 0 Å². The lowest BCUT2D eigenvalue weighted by molar-refractivity contribution is 0.251. The summed E-state index contributed by atoms with van der Waals surface area (Å²) in [7, 11) is 0. The van der Waals surface area contributed by atoms with Crippen LogP contribution in [0.1, 0.15) is 24.0 Å². The van der Waals surface area contributed by atoms with Gasteiger partial charge in [0.15, 0.2) is 0 Å². The number of anilines is 2. The predicted octanol–water partition coefficient (Wildman–Crippen LogP) is 3.29. The van der Waals surface area contributed by atoms with Crippen molar-refractivity contribution in [3.8, 4) is 0 Å². The lowest BCUT2D eigenvalue weighted by Crippen LogP contribution is -2.30. The van der Waals surface area contributed by atoms with Crippen LogP contribution < -0.4 is 16.0 Å². The molecule has 1 aromatic carbocycles. The van der Waals surface area contributed by atoms with Gasteiger partial charge in [0.05, 0.1) is 11.9 Å². The molecule has 0 bridgehead atoms. The minimum absolute atomic E-state index is 0.185. The van der Waals surface area contributed by atoms with Crippen molar-refractivity contribution in [2.45, 2.75) is 32.4 Å². The molecule has 0 unspecified atom stereocenters. The Balaban J connectivity index is 1.51. The molecule has 114 valence electrons. The number of benzene rings is 1. The topological polar surface area (TPSA) is 66.0 Å². The van der Waals surface area contributed by atoms with E-state index in [4.69, 9.17) is 0 Å². The average molecular weight is 296 g/mol. The molecule has 0 spiro atoms. The summed E-state index contributed by atoms with van der Waals surface area (Å²) in [6.45, 7) is 2.83. The maximum absolute atomic E-state index is 11.6. The minimum atomic E-state index is -0.185. The number of hydrogen-bond acceptors (Lipinski definition) is 3. The summed E-state index contributed by atoms with van der Waals surface area (Å²) in [5.74, 6) is 0.555. The number of carbonyl (C=O) groups excluding carboxylic acids is 1. The molecular weight excluding hydrogens is 276 g/mol. The molecular formula is C17H20N4O. The largest absolute Gasteiger partial charge is 0.380 e. The van der Waals surface area contributed by atoms with Crippen LogP contribution in [0.15, 0.2) is 42.6 Å². The summed E-state index contributed by atoms with van der Waals surface area (Å²) in [5, 5.41) is 8.92. The van der Waals surface area contributed by atoms with Gasteiger partial charge in [-0.1, -0.05) is 29.8 Å². The number of amides is 2. The molecule has 1 aliphatic rings. The van der Waals surface area contributed by atoms with E-state index in [-0.39, 0.29) is 6.03 Å². The first-order valence-electron chi connectivity index (χ1n) is 7.52. The molecule has 22 heavy (non-hydrogen) atoms. The quantitative estimate of drug-likeness (QED) is 0.793. The van der Waals surface area contributed by atoms with Gasteiger partial charge >= 0.3 is 6.03 Å². The summed E-state index contributed by atoms with van der Waals surface area (Å²) in [5.41, 5.74) is 3.40. The lowest BCUT2D eigenvalue weighted by atomic mass is 10.1. The minimum Gasteiger partial charge on any atom is -0.380 e. The second-order valence-electron chi connectivity index (χ2n) is 5.65. The molecule has 5 nitrogen and oxygen atoms in total. The van der Waals surface area contributed by atoms with Crippen LogP contribution in [0.3, 0.4) is 0 Å². The van der Waals surface area contributed by atoms with Gasteiger partial charge in [-0.3, -0.25) is 5.32 Å². The molecule has 5 heteroatoms. The Morgan fingerprint density at radius 1 is 1.27 bits per heavy atom. The van der Waals surface area contributed by atoms with Crippen molar-refractivity contribution in [2.75, 3.05) is 10.6 Å². The highest BCUT2D eigenvalue weighted by atomic mass is 16.2. The normalized spacial score (nSPS) is 13.5. The molecule has 1 heterocycles. The Morgan fingerprint density at radius 3 is 2.82 bits per heavy atom. The third-order valence-corrected chi connectivity index (χ3v) is 3.50. The van der Waals surface area contributed by atoms with E-state index in [1.807, 2.05) is 6.07 Å². The van der Waals surface area contributed by atoms with Crippen molar-refractivity contribution in [3.63, 3.8) is 0 Å². The highest BCUT2D eigenvalue weighted by Crippen LogP contribution is 2.18. The zero-order valence-corrected chi connectivity index (χ0v) is 12.6. The van der Waals surface area contributed by atoms with Crippen molar-refractivity contribution in [1.29, 1.82) is 0 Å². The van der Waals surface area contributed by atoms with Crippen LogP contribution in [0.2, 0.25) is 0 Å². The van der Waals surface area contributed by atoms with Crippen molar-refractivity contribution >= 4 is 17.5 Å². The number of aromatic nitrogens is 1. The number of pyridine rings is 1. The fourth-order valence-electron chi connectivity index (χ4n) is 2.16. The summed E-state index contributed by atoms with van der Waals surface area (Å²) in [4.78, 5) is 15.9. The molecule has 1 saturated carbocycles. The smallest absolute Gasteiger partial charge is 0.320 e. The molecule has 2 amide bonds. The van der Waals surface area contributed by atoms with Crippen LogP contribution in [-0.2, 0) is 6.54 Å². The predicted molar refractivity (Wildman–Crippen MR) is 87.9 cm³/mol. The Hall–Kier alpha value is -2.56. The highest BCUT2D eigenvalue weighted by Gasteiger charge is 2.23. The number of nitrogens with one attached hydrogen (secondary N) is 3. The van der Waals surface area contributed by atoms with Gasteiger partial charge in [-0.15, -0.1) is 0 Å². The van der Waals surface area contributed by atoms with Gasteiger partial charge in [-0.25, -0.2) is 9.78 Å². The summed E-state index contributed by atoms with van der Waals surface area (Å²) in [6, 6.07) is 12.2. The first kappa shape index (κ1) is 14.4. The number of rotatable bonds is 5.